The maximum absolute atomic E-state index is 12.3. The van der Waals surface area contributed by atoms with E-state index in [1.54, 1.807) is 0 Å². The third kappa shape index (κ3) is 2.32. The smallest absolute Gasteiger partial charge is 0.231 e. The van der Waals surface area contributed by atoms with Gasteiger partial charge in [-0.05, 0) is 30.2 Å². The maximum Gasteiger partial charge on any atom is 0.231 e. The van der Waals surface area contributed by atoms with Gasteiger partial charge in [-0.1, -0.05) is 30.3 Å². The predicted octanol–water partition coefficient (Wildman–Crippen LogP) is 3.15. The molecule has 0 spiro atoms. The fourth-order valence-corrected chi connectivity index (χ4v) is 2.22. The lowest BCUT2D eigenvalue weighted by atomic mass is 9.99. The van der Waals surface area contributed by atoms with Crippen molar-refractivity contribution in [1.82, 2.24) is 0 Å². The van der Waals surface area contributed by atoms with Crippen molar-refractivity contribution in [2.24, 2.45) is 0 Å². The number of hydrogen-bond acceptors (Lipinski definition) is 3. The summed E-state index contributed by atoms with van der Waals surface area (Å²) in [6.07, 6.45) is 0.376. The quantitative estimate of drug-likeness (QED) is 0.789. The molecule has 0 saturated carbocycles. The van der Waals surface area contributed by atoms with Crippen molar-refractivity contribution < 1.29 is 14.3 Å². The highest BCUT2D eigenvalue weighted by Gasteiger charge is 2.15. The molecule has 0 aliphatic carbocycles. The molecule has 0 aromatic heterocycles. The van der Waals surface area contributed by atoms with Crippen LogP contribution in [0.4, 0.5) is 0 Å². The molecule has 2 aromatic carbocycles. The van der Waals surface area contributed by atoms with Gasteiger partial charge in [-0.25, -0.2) is 0 Å². The van der Waals surface area contributed by atoms with Crippen LogP contribution in [0.25, 0.3) is 0 Å². The molecule has 3 nitrogen and oxygen atoms in total. The Morgan fingerprint density at radius 2 is 1.89 bits per heavy atom. The summed E-state index contributed by atoms with van der Waals surface area (Å²) in [6, 6.07) is 13.3. The van der Waals surface area contributed by atoms with Crippen molar-refractivity contribution in [3.05, 3.63) is 59.2 Å². The van der Waals surface area contributed by atoms with Gasteiger partial charge in [0.1, 0.15) is 0 Å². The van der Waals surface area contributed by atoms with E-state index in [2.05, 4.69) is 0 Å². The molecule has 0 N–H and O–H groups in total. The van der Waals surface area contributed by atoms with Crippen LogP contribution >= 0.6 is 0 Å². The topological polar surface area (TPSA) is 35.5 Å². The highest BCUT2D eigenvalue weighted by atomic mass is 16.7. The van der Waals surface area contributed by atoms with Gasteiger partial charge in [0.2, 0.25) is 6.79 Å². The van der Waals surface area contributed by atoms with Gasteiger partial charge in [-0.2, -0.15) is 0 Å². The lowest BCUT2D eigenvalue weighted by molar-refractivity contribution is 0.0992. The van der Waals surface area contributed by atoms with Crippen molar-refractivity contribution in [3.8, 4) is 11.5 Å². The summed E-state index contributed by atoms with van der Waals surface area (Å²) in [5.41, 5.74) is 2.73. The minimum Gasteiger partial charge on any atom is -0.454 e. The Labute approximate surface area is 111 Å². The van der Waals surface area contributed by atoms with E-state index in [1.165, 1.54) is 0 Å². The zero-order valence-corrected chi connectivity index (χ0v) is 10.7. The van der Waals surface area contributed by atoms with Crippen LogP contribution in [0.1, 0.15) is 21.5 Å². The Morgan fingerprint density at radius 1 is 1.11 bits per heavy atom. The summed E-state index contributed by atoms with van der Waals surface area (Å²) < 4.78 is 10.6. The molecule has 0 radical (unpaired) electrons. The number of benzene rings is 2. The van der Waals surface area contributed by atoms with Crippen LogP contribution in [0.5, 0.6) is 11.5 Å². The first-order valence-corrected chi connectivity index (χ1v) is 6.21. The first-order chi connectivity index (χ1) is 9.24. The van der Waals surface area contributed by atoms with Crippen molar-refractivity contribution in [1.29, 1.82) is 0 Å². The predicted molar refractivity (Wildman–Crippen MR) is 71.8 cm³/mol. The number of fused-ring (bicyclic) bond motifs is 1. The number of rotatable bonds is 3. The lowest BCUT2D eigenvalue weighted by Gasteiger charge is -2.05. The standard InChI is InChI=1S/C16H14O3/c1-11-4-2-3-5-13(11)14(17)8-12-6-7-15-16(9-12)19-10-18-15/h2-7,9H,8,10H2,1H3. The normalized spacial score (nSPS) is 12.5. The zero-order valence-electron chi connectivity index (χ0n) is 10.7. The fraction of sp³-hybridized carbons (Fsp3) is 0.188. The minimum absolute atomic E-state index is 0.122. The molecular weight excluding hydrogens is 240 g/mol. The Kier molecular flexibility index (Phi) is 2.95. The molecule has 0 fully saturated rings. The van der Waals surface area contributed by atoms with Crippen molar-refractivity contribution >= 4 is 5.78 Å². The molecule has 3 heteroatoms. The van der Waals surface area contributed by atoms with E-state index in [1.807, 2.05) is 49.4 Å². The SMILES string of the molecule is Cc1ccccc1C(=O)Cc1ccc2c(c1)OCO2. The van der Waals surface area contributed by atoms with Gasteiger partial charge in [0.15, 0.2) is 17.3 Å². The summed E-state index contributed by atoms with van der Waals surface area (Å²) in [7, 11) is 0. The number of ether oxygens (including phenoxy) is 2. The number of aryl methyl sites for hydroxylation is 1. The van der Waals surface area contributed by atoms with E-state index in [9.17, 15) is 4.79 Å². The van der Waals surface area contributed by atoms with Gasteiger partial charge < -0.3 is 9.47 Å². The average molecular weight is 254 g/mol. The van der Waals surface area contributed by atoms with Gasteiger partial charge in [0.05, 0.1) is 0 Å². The van der Waals surface area contributed by atoms with E-state index < -0.39 is 0 Å². The van der Waals surface area contributed by atoms with Crippen LogP contribution in [0.2, 0.25) is 0 Å². The van der Waals surface area contributed by atoms with Gasteiger partial charge in [0.25, 0.3) is 0 Å². The molecule has 3 rings (SSSR count). The Hall–Kier alpha value is -2.29. The molecular formula is C16H14O3. The number of carbonyl (C=O) groups excluding carboxylic acids is 1. The third-order valence-electron chi connectivity index (χ3n) is 3.25. The molecule has 0 saturated heterocycles. The van der Waals surface area contributed by atoms with Crippen LogP contribution in [-0.4, -0.2) is 12.6 Å². The fourth-order valence-electron chi connectivity index (χ4n) is 2.22. The van der Waals surface area contributed by atoms with Crippen LogP contribution in [0.3, 0.4) is 0 Å². The Bertz CT molecular complexity index is 632. The van der Waals surface area contributed by atoms with Crippen molar-refractivity contribution in [2.45, 2.75) is 13.3 Å². The van der Waals surface area contributed by atoms with Crippen LogP contribution in [-0.2, 0) is 6.42 Å². The highest BCUT2D eigenvalue weighted by Crippen LogP contribution is 2.32. The molecule has 0 bridgehead atoms. The van der Waals surface area contributed by atoms with Crippen molar-refractivity contribution in [2.75, 3.05) is 6.79 Å². The van der Waals surface area contributed by atoms with E-state index in [-0.39, 0.29) is 12.6 Å². The molecule has 0 amide bonds. The van der Waals surface area contributed by atoms with Gasteiger partial charge in [0, 0.05) is 12.0 Å². The minimum atomic E-state index is 0.122. The first-order valence-electron chi connectivity index (χ1n) is 6.21. The summed E-state index contributed by atoms with van der Waals surface area (Å²) in [6.45, 7) is 2.21. The Balaban J connectivity index is 1.82. The molecule has 19 heavy (non-hydrogen) atoms. The average Bonchev–Trinajstić information content (AvgIpc) is 2.86. The molecule has 1 aliphatic heterocycles. The van der Waals surface area contributed by atoms with E-state index in [0.29, 0.717) is 6.42 Å². The van der Waals surface area contributed by atoms with E-state index in [0.717, 1.165) is 28.2 Å². The third-order valence-corrected chi connectivity index (χ3v) is 3.25. The van der Waals surface area contributed by atoms with Crippen molar-refractivity contribution in [3.63, 3.8) is 0 Å². The van der Waals surface area contributed by atoms with E-state index >= 15 is 0 Å². The van der Waals surface area contributed by atoms with Crippen LogP contribution < -0.4 is 9.47 Å². The Morgan fingerprint density at radius 3 is 2.74 bits per heavy atom. The number of carbonyl (C=O) groups is 1. The summed E-state index contributed by atoms with van der Waals surface area (Å²) in [5, 5.41) is 0. The van der Waals surface area contributed by atoms with Crippen LogP contribution in [0.15, 0.2) is 42.5 Å². The number of ketones is 1. The second-order valence-electron chi connectivity index (χ2n) is 4.60. The maximum atomic E-state index is 12.3. The summed E-state index contributed by atoms with van der Waals surface area (Å²) in [5.74, 6) is 1.58. The van der Waals surface area contributed by atoms with Gasteiger partial charge in [-0.3, -0.25) is 4.79 Å². The zero-order chi connectivity index (χ0) is 13.2. The van der Waals surface area contributed by atoms with Crippen LogP contribution in [0, 0.1) is 6.92 Å². The van der Waals surface area contributed by atoms with Gasteiger partial charge >= 0.3 is 0 Å². The second kappa shape index (κ2) is 4.76. The molecule has 0 atom stereocenters. The monoisotopic (exact) mass is 254 g/mol. The molecule has 1 heterocycles. The summed E-state index contributed by atoms with van der Waals surface area (Å²) >= 11 is 0. The number of hydrogen-bond donors (Lipinski definition) is 0. The second-order valence-corrected chi connectivity index (χ2v) is 4.60. The molecule has 96 valence electrons. The largest absolute Gasteiger partial charge is 0.454 e. The molecule has 1 aliphatic rings. The number of Topliss-reactive ketones (excluding diaryl/α,β-unsaturated/α-hetero) is 1. The highest BCUT2D eigenvalue weighted by molar-refractivity contribution is 5.98. The van der Waals surface area contributed by atoms with E-state index in [4.69, 9.17) is 9.47 Å². The lowest BCUT2D eigenvalue weighted by Crippen LogP contribution is -2.05. The first kappa shape index (κ1) is 11.8. The van der Waals surface area contributed by atoms with Gasteiger partial charge in [-0.15, -0.1) is 0 Å². The molecule has 0 unspecified atom stereocenters. The summed E-state index contributed by atoms with van der Waals surface area (Å²) in [4.78, 5) is 12.3. The molecule has 2 aromatic rings.